The number of allylic oxidation sites excluding steroid dienone is 2. The van der Waals surface area contributed by atoms with E-state index in [-0.39, 0.29) is 22.9 Å². The molecule has 164 valence electrons. The van der Waals surface area contributed by atoms with Crippen LogP contribution < -0.4 is 0 Å². The standard InChI is InChI=1S/C25H40O4/c1-15(5-10-23(28)29-4)18-8-9-19-17-7-6-16-13-21(26)22(27)14-25(16,3)20(17)11-12-24(18,19)2/h15-20,26-27H,5-14H2,1-4H3/t15-,16?,17+,18-,19+,20+,24-,25+/m1/s1. The number of fused-ring (bicyclic) bond motifs is 5. The van der Waals surface area contributed by atoms with Crippen LogP contribution in [0.3, 0.4) is 0 Å². The van der Waals surface area contributed by atoms with Crippen molar-refractivity contribution in [2.45, 2.75) is 85.0 Å². The van der Waals surface area contributed by atoms with Gasteiger partial charge in [-0.05, 0) is 91.3 Å². The van der Waals surface area contributed by atoms with E-state index in [1.807, 2.05) is 0 Å². The second-order valence-electron chi connectivity index (χ2n) is 11.3. The lowest BCUT2D eigenvalue weighted by Crippen LogP contribution is -2.53. The lowest BCUT2D eigenvalue weighted by Gasteiger charge is -2.60. The molecule has 4 heteroatoms. The van der Waals surface area contributed by atoms with E-state index in [0.717, 1.165) is 18.3 Å². The molecular formula is C25H40O4. The fourth-order valence-corrected chi connectivity index (χ4v) is 8.58. The van der Waals surface area contributed by atoms with Gasteiger partial charge in [-0.15, -0.1) is 0 Å². The minimum Gasteiger partial charge on any atom is -0.509 e. The van der Waals surface area contributed by atoms with Crippen molar-refractivity contribution in [1.29, 1.82) is 0 Å². The van der Waals surface area contributed by atoms with E-state index in [2.05, 4.69) is 20.8 Å². The van der Waals surface area contributed by atoms with Gasteiger partial charge in [0.25, 0.3) is 0 Å². The molecular weight excluding hydrogens is 364 g/mol. The third-order valence-electron chi connectivity index (χ3n) is 10.2. The second kappa shape index (κ2) is 7.50. The summed E-state index contributed by atoms with van der Waals surface area (Å²) in [6.07, 6.45) is 10.4. The van der Waals surface area contributed by atoms with Crippen LogP contribution in [0, 0.1) is 46.3 Å². The molecule has 0 bridgehead atoms. The Hall–Kier alpha value is -1.19. The third kappa shape index (κ3) is 3.29. The monoisotopic (exact) mass is 404 g/mol. The second-order valence-corrected chi connectivity index (χ2v) is 11.3. The molecule has 1 unspecified atom stereocenters. The Bertz CT molecular complexity index is 684. The van der Waals surface area contributed by atoms with Gasteiger partial charge in [0.05, 0.1) is 7.11 Å². The largest absolute Gasteiger partial charge is 0.509 e. The van der Waals surface area contributed by atoms with E-state index >= 15 is 0 Å². The average molecular weight is 405 g/mol. The SMILES string of the molecule is COC(=O)CC[C@@H](C)[C@H]1CC[C@H]2[C@@H]3CCC4CC(O)=C(O)C[C@]4(C)[C@H]3CC[C@]12C. The highest BCUT2D eigenvalue weighted by molar-refractivity contribution is 5.69. The van der Waals surface area contributed by atoms with Gasteiger partial charge in [-0.25, -0.2) is 0 Å². The van der Waals surface area contributed by atoms with Gasteiger partial charge in [-0.2, -0.15) is 0 Å². The average Bonchev–Trinajstić information content (AvgIpc) is 3.04. The fraction of sp³-hybridized carbons (Fsp3) is 0.880. The summed E-state index contributed by atoms with van der Waals surface area (Å²) < 4.78 is 4.86. The molecule has 0 amide bonds. The van der Waals surface area contributed by atoms with Crippen molar-refractivity contribution in [2.24, 2.45) is 46.3 Å². The van der Waals surface area contributed by atoms with Gasteiger partial charge in [-0.3, -0.25) is 4.79 Å². The third-order valence-corrected chi connectivity index (χ3v) is 10.2. The number of aliphatic hydroxyl groups excluding tert-OH is 2. The van der Waals surface area contributed by atoms with Crippen molar-refractivity contribution in [2.75, 3.05) is 7.11 Å². The van der Waals surface area contributed by atoms with Crippen molar-refractivity contribution in [1.82, 2.24) is 0 Å². The topological polar surface area (TPSA) is 66.8 Å². The molecule has 4 rings (SSSR count). The number of esters is 1. The van der Waals surface area contributed by atoms with Crippen molar-refractivity contribution in [3.8, 4) is 0 Å². The quantitative estimate of drug-likeness (QED) is 0.550. The zero-order valence-corrected chi connectivity index (χ0v) is 18.7. The summed E-state index contributed by atoms with van der Waals surface area (Å²) in [5.74, 6) is 4.37. The molecule has 0 heterocycles. The smallest absolute Gasteiger partial charge is 0.305 e. The number of methoxy groups -OCH3 is 1. The molecule has 4 aliphatic rings. The summed E-state index contributed by atoms with van der Waals surface area (Å²) in [5.41, 5.74) is 0.518. The van der Waals surface area contributed by atoms with Crippen molar-refractivity contribution in [3.05, 3.63) is 11.5 Å². The molecule has 0 spiro atoms. The van der Waals surface area contributed by atoms with Crippen LogP contribution in [0.15, 0.2) is 11.5 Å². The van der Waals surface area contributed by atoms with E-state index in [1.54, 1.807) is 0 Å². The van der Waals surface area contributed by atoms with Crippen LogP contribution in [0.5, 0.6) is 0 Å². The summed E-state index contributed by atoms with van der Waals surface area (Å²) in [6, 6.07) is 0. The number of rotatable bonds is 4. The maximum Gasteiger partial charge on any atom is 0.305 e. The predicted molar refractivity (Wildman–Crippen MR) is 113 cm³/mol. The molecule has 8 atom stereocenters. The van der Waals surface area contributed by atoms with E-state index in [0.29, 0.717) is 48.3 Å². The number of ether oxygens (including phenoxy) is 1. The van der Waals surface area contributed by atoms with Crippen LogP contribution in [0.25, 0.3) is 0 Å². The first kappa shape index (κ1) is 21.1. The summed E-state index contributed by atoms with van der Waals surface area (Å²) >= 11 is 0. The van der Waals surface area contributed by atoms with Crippen LogP contribution in [-0.2, 0) is 9.53 Å². The van der Waals surface area contributed by atoms with Gasteiger partial charge in [-0.1, -0.05) is 20.8 Å². The molecule has 29 heavy (non-hydrogen) atoms. The number of carbonyl (C=O) groups excluding carboxylic acids is 1. The number of carbonyl (C=O) groups is 1. The normalized spacial score (nSPS) is 45.2. The van der Waals surface area contributed by atoms with Gasteiger partial charge < -0.3 is 14.9 Å². The Balaban J connectivity index is 1.51. The summed E-state index contributed by atoms with van der Waals surface area (Å²) in [6.45, 7) is 7.28. The Kier molecular flexibility index (Phi) is 5.44. The van der Waals surface area contributed by atoms with Crippen LogP contribution >= 0.6 is 0 Å². The van der Waals surface area contributed by atoms with Crippen LogP contribution in [-0.4, -0.2) is 23.3 Å². The minimum absolute atomic E-state index is 0.0834. The Morgan fingerprint density at radius 2 is 1.79 bits per heavy atom. The van der Waals surface area contributed by atoms with E-state index in [4.69, 9.17) is 4.74 Å². The van der Waals surface area contributed by atoms with Gasteiger partial charge >= 0.3 is 5.97 Å². The van der Waals surface area contributed by atoms with Crippen LogP contribution in [0.1, 0.15) is 85.0 Å². The Morgan fingerprint density at radius 1 is 1.07 bits per heavy atom. The molecule has 0 radical (unpaired) electrons. The molecule has 2 N–H and O–H groups in total. The molecule has 3 fully saturated rings. The van der Waals surface area contributed by atoms with E-state index in [9.17, 15) is 15.0 Å². The zero-order chi connectivity index (χ0) is 21.0. The van der Waals surface area contributed by atoms with Gasteiger partial charge in [0.15, 0.2) is 0 Å². The highest BCUT2D eigenvalue weighted by Gasteiger charge is 2.60. The fourth-order valence-electron chi connectivity index (χ4n) is 8.58. The summed E-state index contributed by atoms with van der Waals surface area (Å²) in [7, 11) is 1.48. The lowest BCUT2D eigenvalue weighted by molar-refractivity contribution is -0.141. The Morgan fingerprint density at radius 3 is 2.52 bits per heavy atom. The number of aliphatic hydroxyl groups is 2. The first-order valence-electron chi connectivity index (χ1n) is 11.9. The summed E-state index contributed by atoms with van der Waals surface area (Å²) in [4.78, 5) is 11.6. The molecule has 4 aliphatic carbocycles. The maximum atomic E-state index is 11.6. The number of hydrogen-bond donors (Lipinski definition) is 2. The van der Waals surface area contributed by atoms with Gasteiger partial charge in [0.1, 0.15) is 11.5 Å². The van der Waals surface area contributed by atoms with E-state index < -0.39 is 0 Å². The highest BCUT2D eigenvalue weighted by Crippen LogP contribution is 2.68. The van der Waals surface area contributed by atoms with E-state index in [1.165, 1.54) is 45.6 Å². The molecule has 4 nitrogen and oxygen atoms in total. The van der Waals surface area contributed by atoms with Gasteiger partial charge in [0.2, 0.25) is 0 Å². The molecule has 3 saturated carbocycles. The van der Waals surface area contributed by atoms with Crippen molar-refractivity contribution >= 4 is 5.97 Å². The summed E-state index contributed by atoms with van der Waals surface area (Å²) in [5, 5.41) is 20.5. The first-order chi connectivity index (χ1) is 13.7. The highest BCUT2D eigenvalue weighted by atomic mass is 16.5. The lowest BCUT2D eigenvalue weighted by atomic mass is 9.45. The molecule has 0 saturated heterocycles. The van der Waals surface area contributed by atoms with Crippen molar-refractivity contribution in [3.63, 3.8) is 0 Å². The first-order valence-corrected chi connectivity index (χ1v) is 11.9. The van der Waals surface area contributed by atoms with Gasteiger partial charge in [0, 0.05) is 19.3 Å². The van der Waals surface area contributed by atoms with Crippen molar-refractivity contribution < 1.29 is 19.7 Å². The Labute approximate surface area is 176 Å². The molecule has 0 aromatic heterocycles. The predicted octanol–water partition coefficient (Wildman–Crippen LogP) is 6.17. The zero-order valence-electron chi connectivity index (χ0n) is 18.7. The molecule has 0 aromatic rings. The minimum atomic E-state index is -0.0834. The van der Waals surface area contributed by atoms with Crippen LogP contribution in [0.4, 0.5) is 0 Å². The van der Waals surface area contributed by atoms with Crippen LogP contribution in [0.2, 0.25) is 0 Å². The molecule has 0 aliphatic heterocycles. The molecule has 0 aromatic carbocycles. The number of hydrogen-bond acceptors (Lipinski definition) is 4. The maximum absolute atomic E-state index is 11.6.